The van der Waals surface area contributed by atoms with Gasteiger partial charge in [-0.05, 0) is 38.3 Å². The van der Waals surface area contributed by atoms with Crippen LogP contribution in [0.15, 0.2) is 36.1 Å². The molecule has 4 aliphatic heterocycles. The molecule has 6 heteroatoms. The standard InChI is InChI=1S/C24H30N2O4/c1-15-22(3)14-26-11-10-24(16-8-6-7-9-18(16)25-20(24)28)23(26,4)13-21(22,2)17(12-30-15)19(27)29-5/h6-9,12,15H,10-11,13-14H2,1-5H3,(H,25,28). The monoisotopic (exact) mass is 410 g/mol. The molecule has 4 heterocycles. The van der Waals surface area contributed by atoms with Gasteiger partial charge in [-0.25, -0.2) is 4.79 Å². The molecule has 1 amide bonds. The van der Waals surface area contributed by atoms with E-state index >= 15 is 0 Å². The van der Waals surface area contributed by atoms with Gasteiger partial charge in [-0.3, -0.25) is 9.69 Å². The van der Waals surface area contributed by atoms with Gasteiger partial charge in [0.25, 0.3) is 0 Å². The maximum Gasteiger partial charge on any atom is 0.337 e. The molecule has 0 aliphatic carbocycles. The number of fused-ring (bicyclic) bond motifs is 5. The Morgan fingerprint density at radius 2 is 2.00 bits per heavy atom. The lowest BCUT2D eigenvalue weighted by atomic mass is 9.48. The molecular weight excluding hydrogens is 380 g/mol. The van der Waals surface area contributed by atoms with E-state index in [0.717, 1.165) is 30.8 Å². The predicted molar refractivity (Wildman–Crippen MR) is 113 cm³/mol. The molecule has 2 saturated heterocycles. The molecule has 1 N–H and O–H groups in total. The molecule has 4 aliphatic rings. The third-order valence-corrected chi connectivity index (χ3v) is 9.16. The highest BCUT2D eigenvalue weighted by atomic mass is 16.5. The number of nitrogens with one attached hydrogen (secondary N) is 1. The summed E-state index contributed by atoms with van der Waals surface area (Å²) in [6.07, 6.45) is 2.99. The minimum atomic E-state index is -0.628. The Bertz CT molecular complexity index is 989. The van der Waals surface area contributed by atoms with E-state index in [1.54, 1.807) is 6.26 Å². The number of anilines is 1. The highest BCUT2D eigenvalue weighted by Gasteiger charge is 2.72. The maximum atomic E-state index is 13.5. The fraction of sp³-hybridized carbons (Fsp3) is 0.583. The zero-order chi connectivity index (χ0) is 21.5. The number of carbonyl (C=O) groups is 2. The number of carbonyl (C=O) groups excluding carboxylic acids is 2. The van der Waals surface area contributed by atoms with Gasteiger partial charge in [-0.15, -0.1) is 0 Å². The minimum Gasteiger partial charge on any atom is -0.497 e. The minimum absolute atomic E-state index is 0.0540. The van der Waals surface area contributed by atoms with Crippen molar-refractivity contribution in [1.82, 2.24) is 4.90 Å². The van der Waals surface area contributed by atoms with E-state index in [1.807, 2.05) is 18.2 Å². The van der Waals surface area contributed by atoms with E-state index in [9.17, 15) is 9.59 Å². The Morgan fingerprint density at radius 1 is 1.27 bits per heavy atom. The molecule has 5 atom stereocenters. The number of piperidine rings is 1. The second kappa shape index (κ2) is 5.88. The fourth-order valence-corrected chi connectivity index (χ4v) is 6.98. The quantitative estimate of drug-likeness (QED) is 0.720. The van der Waals surface area contributed by atoms with Crippen LogP contribution in [0.1, 0.15) is 46.1 Å². The number of rotatable bonds is 1. The molecule has 5 rings (SSSR count). The van der Waals surface area contributed by atoms with Crippen LogP contribution in [-0.2, 0) is 24.5 Å². The van der Waals surface area contributed by atoms with E-state index in [-0.39, 0.29) is 23.4 Å². The van der Waals surface area contributed by atoms with Crippen molar-refractivity contribution in [2.24, 2.45) is 10.8 Å². The third-order valence-electron chi connectivity index (χ3n) is 9.16. The zero-order valence-electron chi connectivity index (χ0n) is 18.4. The number of benzene rings is 1. The average Bonchev–Trinajstić information content (AvgIpc) is 3.16. The smallest absolute Gasteiger partial charge is 0.337 e. The highest BCUT2D eigenvalue weighted by Crippen LogP contribution is 2.66. The molecule has 30 heavy (non-hydrogen) atoms. The second-order valence-corrected chi connectivity index (χ2v) is 10.1. The van der Waals surface area contributed by atoms with Crippen LogP contribution in [0, 0.1) is 10.8 Å². The van der Waals surface area contributed by atoms with Crippen LogP contribution in [0.5, 0.6) is 0 Å². The zero-order valence-corrected chi connectivity index (χ0v) is 18.4. The summed E-state index contributed by atoms with van der Waals surface area (Å²) in [4.78, 5) is 28.8. The van der Waals surface area contributed by atoms with Crippen molar-refractivity contribution in [3.8, 4) is 0 Å². The van der Waals surface area contributed by atoms with Crippen molar-refractivity contribution in [3.63, 3.8) is 0 Å². The molecule has 0 aromatic heterocycles. The Balaban J connectivity index is 1.69. The van der Waals surface area contributed by atoms with Gasteiger partial charge >= 0.3 is 5.97 Å². The first-order chi connectivity index (χ1) is 14.1. The van der Waals surface area contributed by atoms with Crippen molar-refractivity contribution in [2.45, 2.75) is 57.6 Å². The van der Waals surface area contributed by atoms with Crippen molar-refractivity contribution in [2.75, 3.05) is 25.5 Å². The topological polar surface area (TPSA) is 67.9 Å². The van der Waals surface area contributed by atoms with E-state index in [0.29, 0.717) is 12.0 Å². The first-order valence-corrected chi connectivity index (χ1v) is 10.7. The number of hydrogen-bond acceptors (Lipinski definition) is 5. The number of amides is 1. The number of hydrogen-bond donors (Lipinski definition) is 1. The lowest BCUT2D eigenvalue weighted by Gasteiger charge is -2.63. The van der Waals surface area contributed by atoms with Gasteiger partial charge in [0.15, 0.2) is 0 Å². The average molecular weight is 411 g/mol. The molecule has 1 spiro atoms. The van der Waals surface area contributed by atoms with Crippen molar-refractivity contribution in [1.29, 1.82) is 0 Å². The lowest BCUT2D eigenvalue weighted by molar-refractivity contribution is -0.165. The van der Waals surface area contributed by atoms with Crippen LogP contribution in [0.4, 0.5) is 5.69 Å². The highest BCUT2D eigenvalue weighted by molar-refractivity contribution is 6.07. The van der Waals surface area contributed by atoms with E-state index < -0.39 is 16.4 Å². The Morgan fingerprint density at radius 3 is 2.73 bits per heavy atom. The SMILES string of the molecule is COC(=O)C1=COC(C)C2(C)CN3CCC4(C(=O)Nc5ccccc54)C3(C)CC12C. The summed E-state index contributed by atoms with van der Waals surface area (Å²) in [7, 11) is 1.41. The van der Waals surface area contributed by atoms with Gasteiger partial charge in [0, 0.05) is 35.1 Å². The molecule has 5 unspecified atom stereocenters. The van der Waals surface area contributed by atoms with Crippen molar-refractivity contribution < 1.29 is 19.1 Å². The predicted octanol–water partition coefficient (Wildman–Crippen LogP) is 3.23. The first-order valence-electron chi connectivity index (χ1n) is 10.7. The van der Waals surface area contributed by atoms with Gasteiger partial charge < -0.3 is 14.8 Å². The molecule has 0 saturated carbocycles. The summed E-state index contributed by atoms with van der Waals surface area (Å²) >= 11 is 0. The normalized spacial score (nSPS) is 42.0. The van der Waals surface area contributed by atoms with Crippen molar-refractivity contribution in [3.05, 3.63) is 41.7 Å². The summed E-state index contributed by atoms with van der Waals surface area (Å²) in [5, 5.41) is 3.14. The van der Waals surface area contributed by atoms with Gasteiger partial charge in [-0.2, -0.15) is 0 Å². The Hall–Kier alpha value is -2.34. The molecular formula is C24H30N2O4. The van der Waals surface area contributed by atoms with Crippen LogP contribution in [0.2, 0.25) is 0 Å². The largest absolute Gasteiger partial charge is 0.497 e. The molecule has 160 valence electrons. The summed E-state index contributed by atoms with van der Waals surface area (Å²) in [5.41, 5.74) is 0.728. The molecule has 2 fully saturated rings. The van der Waals surface area contributed by atoms with E-state index in [1.165, 1.54) is 7.11 Å². The number of methoxy groups -OCH3 is 1. The van der Waals surface area contributed by atoms with Crippen LogP contribution in [0.25, 0.3) is 0 Å². The van der Waals surface area contributed by atoms with Crippen LogP contribution in [-0.4, -0.2) is 48.6 Å². The van der Waals surface area contributed by atoms with Gasteiger partial charge in [-0.1, -0.05) is 32.0 Å². The van der Waals surface area contributed by atoms with Gasteiger partial charge in [0.05, 0.1) is 24.4 Å². The molecule has 1 aromatic rings. The van der Waals surface area contributed by atoms with Crippen LogP contribution in [0.3, 0.4) is 0 Å². The van der Waals surface area contributed by atoms with E-state index in [4.69, 9.17) is 9.47 Å². The summed E-state index contributed by atoms with van der Waals surface area (Å²) in [5.74, 6) is -0.277. The molecule has 0 radical (unpaired) electrons. The Labute approximate surface area is 177 Å². The van der Waals surface area contributed by atoms with Crippen LogP contribution >= 0.6 is 0 Å². The number of nitrogens with zero attached hydrogens (tertiary/aromatic N) is 1. The van der Waals surface area contributed by atoms with Gasteiger partial charge in [0.1, 0.15) is 6.10 Å². The summed E-state index contributed by atoms with van der Waals surface area (Å²) in [6, 6.07) is 8.04. The fourth-order valence-electron chi connectivity index (χ4n) is 6.98. The van der Waals surface area contributed by atoms with Crippen molar-refractivity contribution >= 4 is 17.6 Å². The first kappa shape index (κ1) is 19.6. The molecule has 1 aromatic carbocycles. The number of esters is 1. The number of ether oxygens (including phenoxy) is 2. The summed E-state index contributed by atoms with van der Waals surface area (Å²) in [6.45, 7) is 10.3. The molecule has 6 nitrogen and oxygen atoms in total. The lowest BCUT2D eigenvalue weighted by Crippen LogP contribution is -2.70. The van der Waals surface area contributed by atoms with Crippen LogP contribution < -0.4 is 5.32 Å². The van der Waals surface area contributed by atoms with E-state index in [2.05, 4.69) is 44.0 Å². The number of para-hydroxylation sites is 1. The third kappa shape index (κ3) is 1.99. The maximum absolute atomic E-state index is 13.5. The second-order valence-electron chi connectivity index (χ2n) is 10.1. The van der Waals surface area contributed by atoms with Gasteiger partial charge in [0.2, 0.25) is 5.91 Å². The molecule has 0 bridgehead atoms. The Kier molecular flexibility index (Phi) is 3.84. The summed E-state index contributed by atoms with van der Waals surface area (Å²) < 4.78 is 11.1.